The zero-order valence-electron chi connectivity index (χ0n) is 24.1. The maximum Gasteiger partial charge on any atom is 0.238 e. The third kappa shape index (κ3) is 4.86. The summed E-state index contributed by atoms with van der Waals surface area (Å²) in [5.41, 5.74) is 2.67. The quantitative estimate of drug-likeness (QED) is 0.237. The lowest BCUT2D eigenvalue weighted by molar-refractivity contribution is -0.126. The number of halogens is 2. The Morgan fingerprint density at radius 1 is 0.756 bits per heavy atom. The van der Waals surface area contributed by atoms with Gasteiger partial charge in [0.25, 0.3) is 0 Å². The van der Waals surface area contributed by atoms with Gasteiger partial charge in [-0.2, -0.15) is 0 Å². The van der Waals surface area contributed by atoms with Crippen LogP contribution in [0.15, 0.2) is 93.4 Å². The van der Waals surface area contributed by atoms with Gasteiger partial charge in [-0.25, -0.2) is 0 Å². The Morgan fingerprint density at radius 2 is 1.33 bits per heavy atom. The van der Waals surface area contributed by atoms with Gasteiger partial charge >= 0.3 is 0 Å². The smallest absolute Gasteiger partial charge is 0.238 e. The molecule has 1 saturated carbocycles. The van der Waals surface area contributed by atoms with Crippen LogP contribution in [0.3, 0.4) is 0 Å². The number of allylic oxidation sites excluding steroid dienone is 3. The summed E-state index contributed by atoms with van der Waals surface area (Å²) in [7, 11) is 1.47. The fraction of sp³-hybridized carbons (Fsp3) is 0.257. The molecule has 10 heteroatoms. The SMILES string of the molecule is COc1cc(C=C[C@H]2C3=CC[C@@H]4C(=O)N(c5ccc(Br)cc5)C(=O)[C@@H]4[C@@H]3C[C@H]3C(=O)N(c4ccc(Br)cc4)C(=O)[C@@H]23)ccc1O. The molecule has 2 aliphatic carbocycles. The number of carbonyl (C=O) groups is 4. The van der Waals surface area contributed by atoms with Crippen LogP contribution < -0.4 is 14.5 Å². The minimum atomic E-state index is -0.662. The molecule has 8 nitrogen and oxygen atoms in total. The minimum absolute atomic E-state index is 0.00919. The van der Waals surface area contributed by atoms with Crippen molar-refractivity contribution in [2.45, 2.75) is 12.8 Å². The van der Waals surface area contributed by atoms with E-state index in [1.165, 1.54) is 23.0 Å². The number of hydrogen-bond acceptors (Lipinski definition) is 6. The van der Waals surface area contributed by atoms with Crippen LogP contribution in [0.1, 0.15) is 18.4 Å². The molecule has 228 valence electrons. The molecular weight excluding hydrogens is 704 g/mol. The Bertz CT molecular complexity index is 1800. The molecule has 3 aromatic rings. The monoisotopic (exact) mass is 730 g/mol. The van der Waals surface area contributed by atoms with Crippen molar-refractivity contribution in [3.63, 3.8) is 0 Å². The van der Waals surface area contributed by atoms with Crippen LogP contribution in [-0.2, 0) is 19.2 Å². The number of fused-ring (bicyclic) bond motifs is 4. The van der Waals surface area contributed by atoms with E-state index < -0.39 is 29.6 Å². The number of amides is 4. The van der Waals surface area contributed by atoms with E-state index >= 15 is 0 Å². The number of anilines is 2. The maximum absolute atomic E-state index is 14.1. The maximum atomic E-state index is 14.1. The van der Waals surface area contributed by atoms with Crippen LogP contribution in [0, 0.1) is 35.5 Å². The van der Waals surface area contributed by atoms with Gasteiger partial charge in [-0.1, -0.05) is 61.7 Å². The Hall–Kier alpha value is -4.02. The zero-order chi connectivity index (χ0) is 31.6. The highest BCUT2D eigenvalue weighted by molar-refractivity contribution is 9.10. The Kier molecular flexibility index (Phi) is 7.52. The number of carbonyl (C=O) groups excluding carboxylic acids is 4. The lowest BCUT2D eigenvalue weighted by Crippen LogP contribution is -2.43. The molecule has 45 heavy (non-hydrogen) atoms. The number of benzene rings is 3. The molecule has 0 aromatic heterocycles. The van der Waals surface area contributed by atoms with Gasteiger partial charge < -0.3 is 9.84 Å². The molecule has 2 heterocycles. The number of ether oxygens (including phenoxy) is 1. The fourth-order valence-electron chi connectivity index (χ4n) is 7.55. The standard InChI is InChI=1S/C35H28Br2N2O6/c1-45-29-16-18(3-15-28(29)40)2-12-24-23-13-14-25-31(35(44)38(32(25)41)21-8-4-19(36)5-9-21)26(23)17-27-30(24)34(43)39(33(27)42)22-10-6-20(37)7-11-22/h2-13,15-16,24-27,30-31,40H,14,17H2,1H3/t24-,25-,26+,27+,30-,31-/m0/s1. The van der Waals surface area contributed by atoms with Crippen molar-refractivity contribution in [1.82, 2.24) is 0 Å². The minimum Gasteiger partial charge on any atom is -0.504 e. The number of hydrogen-bond donors (Lipinski definition) is 1. The average Bonchev–Trinajstić information content (AvgIpc) is 3.44. The molecule has 4 amide bonds. The van der Waals surface area contributed by atoms with E-state index in [1.54, 1.807) is 60.7 Å². The van der Waals surface area contributed by atoms with E-state index in [-0.39, 0.29) is 35.3 Å². The van der Waals surface area contributed by atoms with Crippen molar-refractivity contribution in [2.75, 3.05) is 16.9 Å². The number of phenols is 1. The Balaban J connectivity index is 1.30. The molecule has 6 atom stereocenters. The second kappa shape index (κ2) is 11.4. The summed E-state index contributed by atoms with van der Waals surface area (Å²) in [6, 6.07) is 19.1. The largest absolute Gasteiger partial charge is 0.504 e. The third-order valence-corrected chi connectivity index (χ3v) is 10.6. The van der Waals surface area contributed by atoms with Crippen molar-refractivity contribution >= 4 is 72.9 Å². The first-order chi connectivity index (χ1) is 21.7. The first-order valence-corrected chi connectivity index (χ1v) is 16.3. The van der Waals surface area contributed by atoms with Crippen molar-refractivity contribution < 1.29 is 29.0 Å². The molecule has 3 fully saturated rings. The molecule has 0 radical (unpaired) electrons. The summed E-state index contributed by atoms with van der Waals surface area (Å²) in [5.74, 6) is -4.10. The van der Waals surface area contributed by atoms with Gasteiger partial charge in [-0.3, -0.25) is 29.0 Å². The average molecular weight is 732 g/mol. The van der Waals surface area contributed by atoms with Crippen LogP contribution in [0.25, 0.3) is 6.08 Å². The summed E-state index contributed by atoms with van der Waals surface area (Å²) in [5, 5.41) is 10.1. The number of aromatic hydroxyl groups is 1. The molecule has 1 N–H and O–H groups in total. The molecular formula is C35H28Br2N2O6. The second-order valence-corrected chi connectivity index (χ2v) is 13.7. The highest BCUT2D eigenvalue weighted by atomic mass is 79.9. The topological polar surface area (TPSA) is 104 Å². The van der Waals surface area contributed by atoms with E-state index in [4.69, 9.17) is 4.74 Å². The summed E-state index contributed by atoms with van der Waals surface area (Å²) in [6.07, 6.45) is 6.48. The van der Waals surface area contributed by atoms with Gasteiger partial charge in [0, 0.05) is 14.9 Å². The lowest BCUT2D eigenvalue weighted by atomic mass is 9.58. The summed E-state index contributed by atoms with van der Waals surface area (Å²) < 4.78 is 6.94. The van der Waals surface area contributed by atoms with Crippen molar-refractivity contribution in [3.05, 3.63) is 99.0 Å². The number of imide groups is 2. The van der Waals surface area contributed by atoms with E-state index in [0.717, 1.165) is 20.1 Å². The molecule has 0 bridgehead atoms. The van der Waals surface area contributed by atoms with Crippen LogP contribution in [0.2, 0.25) is 0 Å². The van der Waals surface area contributed by atoms with Gasteiger partial charge in [0.2, 0.25) is 23.6 Å². The first-order valence-electron chi connectivity index (χ1n) is 14.7. The van der Waals surface area contributed by atoms with Crippen molar-refractivity contribution in [2.24, 2.45) is 35.5 Å². The molecule has 2 saturated heterocycles. The van der Waals surface area contributed by atoms with E-state index in [9.17, 15) is 24.3 Å². The van der Waals surface area contributed by atoms with Gasteiger partial charge in [0.05, 0.1) is 42.2 Å². The zero-order valence-corrected chi connectivity index (χ0v) is 27.3. The Morgan fingerprint density at radius 3 is 1.93 bits per heavy atom. The van der Waals surface area contributed by atoms with E-state index in [1.807, 2.05) is 18.2 Å². The van der Waals surface area contributed by atoms with Crippen LogP contribution >= 0.6 is 31.9 Å². The van der Waals surface area contributed by atoms with Crippen molar-refractivity contribution in [3.8, 4) is 11.5 Å². The highest BCUT2D eigenvalue weighted by Crippen LogP contribution is 2.56. The number of rotatable bonds is 5. The number of phenolic OH excluding ortho intramolecular Hbond substituents is 1. The third-order valence-electron chi connectivity index (χ3n) is 9.57. The lowest BCUT2D eigenvalue weighted by Gasteiger charge is -2.42. The summed E-state index contributed by atoms with van der Waals surface area (Å²) >= 11 is 6.83. The summed E-state index contributed by atoms with van der Waals surface area (Å²) in [4.78, 5) is 58.5. The molecule has 0 unspecified atom stereocenters. The van der Waals surface area contributed by atoms with Crippen molar-refractivity contribution in [1.29, 1.82) is 0 Å². The predicted molar refractivity (Wildman–Crippen MR) is 175 cm³/mol. The van der Waals surface area contributed by atoms with Gasteiger partial charge in [-0.15, -0.1) is 0 Å². The Labute approximate surface area is 276 Å². The number of nitrogens with zero attached hydrogens (tertiary/aromatic N) is 2. The second-order valence-electron chi connectivity index (χ2n) is 11.8. The predicted octanol–water partition coefficient (Wildman–Crippen LogP) is 6.52. The molecule has 2 aliphatic heterocycles. The van der Waals surface area contributed by atoms with E-state index in [0.29, 0.717) is 30.0 Å². The van der Waals surface area contributed by atoms with Gasteiger partial charge in [-0.05, 0) is 85.0 Å². The fourth-order valence-corrected chi connectivity index (χ4v) is 8.08. The van der Waals surface area contributed by atoms with E-state index in [2.05, 4.69) is 31.9 Å². The molecule has 0 spiro atoms. The number of methoxy groups -OCH3 is 1. The first kappa shape index (κ1) is 29.7. The highest BCUT2D eigenvalue weighted by Gasteiger charge is 2.61. The van der Waals surface area contributed by atoms with Gasteiger partial charge in [0.15, 0.2) is 11.5 Å². The normalized spacial score (nSPS) is 27.5. The molecule has 4 aliphatic rings. The van der Waals surface area contributed by atoms with Gasteiger partial charge in [0.1, 0.15) is 0 Å². The van der Waals surface area contributed by atoms with Crippen LogP contribution in [0.4, 0.5) is 11.4 Å². The van der Waals surface area contributed by atoms with Crippen LogP contribution in [-0.4, -0.2) is 35.8 Å². The molecule has 3 aromatic carbocycles. The summed E-state index contributed by atoms with van der Waals surface area (Å²) in [6.45, 7) is 0. The molecule has 7 rings (SSSR count). The van der Waals surface area contributed by atoms with Crippen LogP contribution in [0.5, 0.6) is 11.5 Å².